The van der Waals surface area contributed by atoms with Crippen LogP contribution < -0.4 is 5.32 Å². The highest BCUT2D eigenvalue weighted by molar-refractivity contribution is 5.86. The summed E-state index contributed by atoms with van der Waals surface area (Å²) in [6.07, 6.45) is 5.57. The van der Waals surface area contributed by atoms with E-state index in [9.17, 15) is 19.5 Å². The van der Waals surface area contributed by atoms with Crippen molar-refractivity contribution in [2.24, 2.45) is 5.92 Å². The van der Waals surface area contributed by atoms with Crippen molar-refractivity contribution in [3.63, 3.8) is 0 Å². The second kappa shape index (κ2) is 7.77. The van der Waals surface area contributed by atoms with Gasteiger partial charge in [0.05, 0.1) is 6.54 Å². The number of aliphatic carboxylic acids is 2. The molecule has 2 unspecified atom stereocenters. The number of fused-ring (bicyclic) bond motifs is 1. The summed E-state index contributed by atoms with van der Waals surface area (Å²) < 4.78 is 0. The van der Waals surface area contributed by atoms with Gasteiger partial charge in [0.15, 0.2) is 0 Å². The maximum Gasteiger partial charge on any atom is 0.326 e. The number of rotatable bonds is 7. The number of carboxylic acids is 2. The maximum atomic E-state index is 12.6. The fraction of sp³-hybridized carbons (Fsp3) is 0.812. The van der Waals surface area contributed by atoms with Crippen molar-refractivity contribution in [2.45, 2.75) is 70.0 Å². The van der Waals surface area contributed by atoms with Crippen LogP contribution in [0.1, 0.15) is 51.9 Å². The zero-order chi connectivity index (χ0) is 17.0. The molecule has 1 saturated carbocycles. The lowest BCUT2D eigenvalue weighted by Crippen LogP contribution is -2.51. The Labute approximate surface area is 136 Å². The highest BCUT2D eigenvalue weighted by atomic mass is 16.4. The maximum absolute atomic E-state index is 12.6. The molecule has 3 N–H and O–H groups in total. The summed E-state index contributed by atoms with van der Waals surface area (Å²) in [5.74, 6) is -1.98. The molecule has 1 aliphatic heterocycles. The fourth-order valence-electron chi connectivity index (χ4n) is 3.94. The molecule has 1 saturated heterocycles. The molecule has 1 amide bonds. The number of nitrogens with zero attached hydrogens (tertiary/aromatic N) is 1. The van der Waals surface area contributed by atoms with Crippen LogP contribution in [0, 0.1) is 5.92 Å². The molecule has 0 aromatic heterocycles. The molecule has 2 fully saturated rings. The van der Waals surface area contributed by atoms with E-state index in [1.165, 1.54) is 4.90 Å². The van der Waals surface area contributed by atoms with E-state index in [2.05, 4.69) is 5.32 Å². The Morgan fingerprint density at radius 2 is 1.91 bits per heavy atom. The summed E-state index contributed by atoms with van der Waals surface area (Å²) in [5.41, 5.74) is 0. The molecule has 0 aromatic rings. The van der Waals surface area contributed by atoms with Crippen molar-refractivity contribution >= 4 is 17.8 Å². The number of hydrogen-bond donors (Lipinski definition) is 3. The summed E-state index contributed by atoms with van der Waals surface area (Å²) in [4.78, 5) is 36.7. The van der Waals surface area contributed by atoms with Crippen LogP contribution in [0.5, 0.6) is 0 Å². The van der Waals surface area contributed by atoms with Crippen molar-refractivity contribution in [2.75, 3.05) is 6.54 Å². The Balaban J connectivity index is 2.02. The van der Waals surface area contributed by atoms with Gasteiger partial charge in [0.1, 0.15) is 12.1 Å². The van der Waals surface area contributed by atoms with E-state index in [0.717, 1.165) is 25.7 Å². The highest BCUT2D eigenvalue weighted by Crippen LogP contribution is 2.39. The first kappa shape index (κ1) is 17.7. The van der Waals surface area contributed by atoms with Crippen LogP contribution in [0.2, 0.25) is 0 Å². The summed E-state index contributed by atoms with van der Waals surface area (Å²) in [6.45, 7) is 1.76. The molecular formula is C16H26N2O5. The second-order valence-corrected chi connectivity index (χ2v) is 6.56. The minimum Gasteiger partial charge on any atom is -0.480 e. The van der Waals surface area contributed by atoms with Gasteiger partial charge in [-0.3, -0.25) is 14.9 Å². The lowest BCUT2D eigenvalue weighted by Gasteiger charge is -2.33. The fourth-order valence-corrected chi connectivity index (χ4v) is 3.94. The van der Waals surface area contributed by atoms with Crippen LogP contribution in [0.25, 0.3) is 0 Å². The van der Waals surface area contributed by atoms with Gasteiger partial charge in [-0.15, -0.1) is 0 Å². The van der Waals surface area contributed by atoms with Gasteiger partial charge < -0.3 is 15.1 Å². The second-order valence-electron chi connectivity index (χ2n) is 6.56. The Kier molecular flexibility index (Phi) is 5.98. The number of likely N-dealkylation sites (tertiary alicyclic amines) is 1. The Morgan fingerprint density at radius 3 is 2.52 bits per heavy atom. The Morgan fingerprint density at radius 1 is 1.22 bits per heavy atom. The monoisotopic (exact) mass is 326 g/mol. The number of hydrogen-bond acceptors (Lipinski definition) is 4. The molecule has 0 radical (unpaired) electrons. The topological polar surface area (TPSA) is 107 Å². The van der Waals surface area contributed by atoms with E-state index in [1.54, 1.807) is 0 Å². The number of carbonyl (C=O) groups is 3. The summed E-state index contributed by atoms with van der Waals surface area (Å²) in [7, 11) is 0. The van der Waals surface area contributed by atoms with Gasteiger partial charge in [-0.1, -0.05) is 26.2 Å². The van der Waals surface area contributed by atoms with Gasteiger partial charge in [-0.25, -0.2) is 4.79 Å². The van der Waals surface area contributed by atoms with Gasteiger partial charge in [0.2, 0.25) is 5.91 Å². The number of nitrogens with one attached hydrogen (secondary N) is 1. The molecule has 1 heterocycles. The molecule has 7 heteroatoms. The van der Waals surface area contributed by atoms with Gasteiger partial charge >= 0.3 is 11.9 Å². The predicted molar refractivity (Wildman–Crippen MR) is 83.0 cm³/mol. The van der Waals surface area contributed by atoms with Gasteiger partial charge in [0.25, 0.3) is 0 Å². The first-order chi connectivity index (χ1) is 11.0. The lowest BCUT2D eigenvalue weighted by atomic mass is 9.85. The zero-order valence-electron chi connectivity index (χ0n) is 13.5. The van der Waals surface area contributed by atoms with Gasteiger partial charge in [0, 0.05) is 6.04 Å². The third-order valence-electron chi connectivity index (χ3n) is 5.04. The molecule has 7 nitrogen and oxygen atoms in total. The quantitative estimate of drug-likeness (QED) is 0.646. The third-order valence-corrected chi connectivity index (χ3v) is 5.04. The zero-order valence-corrected chi connectivity index (χ0v) is 13.5. The van der Waals surface area contributed by atoms with E-state index in [0.29, 0.717) is 19.3 Å². The molecule has 1 aliphatic carbocycles. The van der Waals surface area contributed by atoms with E-state index in [-0.39, 0.29) is 24.4 Å². The molecule has 0 aromatic carbocycles. The average molecular weight is 326 g/mol. The van der Waals surface area contributed by atoms with Crippen LogP contribution in [0.4, 0.5) is 0 Å². The van der Waals surface area contributed by atoms with Crippen LogP contribution in [0.15, 0.2) is 0 Å². The molecule has 2 aliphatic rings. The predicted octanol–water partition coefficient (Wildman–Crippen LogP) is 1.07. The smallest absolute Gasteiger partial charge is 0.326 e. The summed E-state index contributed by atoms with van der Waals surface area (Å²) in [5, 5.41) is 21.3. The van der Waals surface area contributed by atoms with Crippen molar-refractivity contribution in [1.29, 1.82) is 0 Å². The average Bonchev–Trinajstić information content (AvgIpc) is 2.90. The van der Waals surface area contributed by atoms with Crippen LogP contribution in [0.3, 0.4) is 0 Å². The van der Waals surface area contributed by atoms with E-state index in [1.807, 2.05) is 6.92 Å². The van der Waals surface area contributed by atoms with Crippen molar-refractivity contribution in [3.05, 3.63) is 0 Å². The number of amides is 1. The molecule has 130 valence electrons. The Bertz CT molecular complexity index is 467. The molecule has 0 bridgehead atoms. The number of carbonyl (C=O) groups excluding carboxylic acids is 1. The van der Waals surface area contributed by atoms with Crippen LogP contribution in [-0.4, -0.2) is 57.6 Å². The van der Waals surface area contributed by atoms with Crippen molar-refractivity contribution < 1.29 is 24.6 Å². The standard InChI is InChI=1S/C16H26N2O5/c1-2-5-11(15(20)21)17-9-14(19)18-12-7-4-3-6-10(12)8-13(18)16(22)23/h10-13,17H,2-9H2,1H3,(H,20,21)(H,22,23)/t10?,11-,12?,13-/m0/s1. The van der Waals surface area contributed by atoms with Crippen LogP contribution in [-0.2, 0) is 14.4 Å². The molecule has 2 rings (SSSR count). The normalized spacial score (nSPS) is 28.2. The molecule has 0 spiro atoms. The molecule has 23 heavy (non-hydrogen) atoms. The van der Waals surface area contributed by atoms with E-state index < -0.39 is 24.0 Å². The SMILES string of the molecule is CCC[C@H](NCC(=O)N1C2CCCCC2C[C@H]1C(=O)O)C(=O)O. The Hall–Kier alpha value is -1.63. The number of carboxylic acid groups (broad SMARTS) is 2. The van der Waals surface area contributed by atoms with E-state index >= 15 is 0 Å². The van der Waals surface area contributed by atoms with Gasteiger partial charge in [-0.2, -0.15) is 0 Å². The largest absolute Gasteiger partial charge is 0.480 e. The van der Waals surface area contributed by atoms with Crippen molar-refractivity contribution in [3.8, 4) is 0 Å². The summed E-state index contributed by atoms with van der Waals surface area (Å²) in [6, 6.07) is -1.54. The molecular weight excluding hydrogens is 300 g/mol. The summed E-state index contributed by atoms with van der Waals surface area (Å²) >= 11 is 0. The minimum atomic E-state index is -0.980. The first-order valence-corrected chi connectivity index (χ1v) is 8.45. The first-order valence-electron chi connectivity index (χ1n) is 8.45. The third kappa shape index (κ3) is 4.02. The van der Waals surface area contributed by atoms with Crippen LogP contribution >= 0.6 is 0 Å². The lowest BCUT2D eigenvalue weighted by molar-refractivity contribution is -0.150. The van der Waals surface area contributed by atoms with Crippen molar-refractivity contribution in [1.82, 2.24) is 10.2 Å². The van der Waals surface area contributed by atoms with Gasteiger partial charge in [-0.05, 0) is 31.6 Å². The highest BCUT2D eigenvalue weighted by Gasteiger charge is 2.47. The molecule has 4 atom stereocenters. The van der Waals surface area contributed by atoms with E-state index in [4.69, 9.17) is 5.11 Å². The minimum absolute atomic E-state index is 0.00592.